The molecule has 2 heterocycles. The van der Waals surface area contributed by atoms with Crippen LogP contribution in [0, 0.1) is 0 Å². The molecule has 0 aliphatic heterocycles. The van der Waals surface area contributed by atoms with Crippen LogP contribution in [0.25, 0.3) is 11.0 Å². The van der Waals surface area contributed by atoms with E-state index in [4.69, 9.17) is 16.0 Å². The van der Waals surface area contributed by atoms with Crippen molar-refractivity contribution in [2.24, 2.45) is 0 Å². The number of aromatic nitrogens is 2. The van der Waals surface area contributed by atoms with Gasteiger partial charge in [-0.2, -0.15) is 0 Å². The van der Waals surface area contributed by atoms with Gasteiger partial charge in [-0.05, 0) is 30.3 Å². The smallest absolute Gasteiger partial charge is 0.192 e. The van der Waals surface area contributed by atoms with Crippen LogP contribution in [0.1, 0.15) is 26.3 Å². The van der Waals surface area contributed by atoms with Crippen LogP contribution in [0.5, 0.6) is 0 Å². The molecular weight excluding hydrogens is 316 g/mol. The summed E-state index contributed by atoms with van der Waals surface area (Å²) in [6, 6.07) is 3.64. The fraction of sp³-hybridized carbons (Fsp3) is 0.562. The van der Waals surface area contributed by atoms with Gasteiger partial charge in [-0.15, -0.1) is 0 Å². The van der Waals surface area contributed by atoms with E-state index in [1.54, 1.807) is 6.07 Å². The van der Waals surface area contributed by atoms with Gasteiger partial charge in [0.05, 0.1) is 24.2 Å². The van der Waals surface area contributed by atoms with Crippen LogP contribution < -0.4 is 0 Å². The van der Waals surface area contributed by atoms with Crippen molar-refractivity contribution in [1.82, 2.24) is 9.55 Å². The highest BCUT2D eigenvalue weighted by molar-refractivity contribution is 6.74. The van der Waals surface area contributed by atoms with Gasteiger partial charge in [-0.25, -0.2) is 4.98 Å². The van der Waals surface area contributed by atoms with Gasteiger partial charge in [-0.1, -0.05) is 32.4 Å². The number of nitrogens with zero attached hydrogens (tertiary/aromatic N) is 2. The van der Waals surface area contributed by atoms with Crippen LogP contribution in [0.3, 0.4) is 0 Å². The zero-order valence-corrected chi connectivity index (χ0v) is 15.7. The SMILES string of the molecule is CC(C)(C)[Si](C)(C)OCCn1ccc2nc(Cl)cc(CO)c21. The average molecular weight is 341 g/mol. The number of rotatable bonds is 5. The fourth-order valence-electron chi connectivity index (χ4n) is 2.18. The number of halogens is 1. The third kappa shape index (κ3) is 3.54. The van der Waals surface area contributed by atoms with E-state index >= 15 is 0 Å². The van der Waals surface area contributed by atoms with Crippen molar-refractivity contribution < 1.29 is 9.53 Å². The summed E-state index contributed by atoms with van der Waals surface area (Å²) in [5.74, 6) is 0. The lowest BCUT2D eigenvalue weighted by Gasteiger charge is -2.36. The van der Waals surface area contributed by atoms with E-state index < -0.39 is 8.32 Å². The van der Waals surface area contributed by atoms with Crippen molar-refractivity contribution in [2.45, 2.75) is 52.1 Å². The topological polar surface area (TPSA) is 47.3 Å². The minimum atomic E-state index is -1.74. The van der Waals surface area contributed by atoms with Gasteiger partial charge in [0.25, 0.3) is 0 Å². The molecule has 0 amide bonds. The summed E-state index contributed by atoms with van der Waals surface area (Å²) in [4.78, 5) is 4.30. The van der Waals surface area contributed by atoms with Gasteiger partial charge in [0, 0.05) is 18.3 Å². The van der Waals surface area contributed by atoms with E-state index in [1.165, 1.54) is 0 Å². The molecule has 0 saturated carbocycles. The summed E-state index contributed by atoms with van der Waals surface area (Å²) < 4.78 is 8.30. The molecule has 0 atom stereocenters. The van der Waals surface area contributed by atoms with E-state index in [0.29, 0.717) is 11.8 Å². The van der Waals surface area contributed by atoms with Gasteiger partial charge in [0.1, 0.15) is 5.15 Å². The highest BCUT2D eigenvalue weighted by atomic mass is 35.5. The first-order chi connectivity index (χ1) is 10.2. The van der Waals surface area contributed by atoms with Crippen LogP contribution in [0.4, 0.5) is 0 Å². The molecule has 4 nitrogen and oxygen atoms in total. The molecule has 0 aromatic carbocycles. The lowest BCUT2D eigenvalue weighted by atomic mass is 10.2. The Hall–Kier alpha value is -0.883. The predicted octanol–water partition coefficient (Wildman–Crippen LogP) is 4.20. The molecule has 1 N–H and O–H groups in total. The third-order valence-corrected chi connectivity index (χ3v) is 9.27. The molecule has 2 rings (SSSR count). The Morgan fingerprint density at radius 3 is 2.64 bits per heavy atom. The molecular formula is C16H25ClN2O2Si. The first kappa shape index (κ1) is 17.5. The molecule has 0 unspecified atom stereocenters. The Morgan fingerprint density at radius 2 is 2.05 bits per heavy atom. The normalized spacial score (nSPS) is 13.0. The quantitative estimate of drug-likeness (QED) is 0.655. The largest absolute Gasteiger partial charge is 0.415 e. The second-order valence-corrected chi connectivity index (χ2v) is 12.3. The first-order valence-electron chi connectivity index (χ1n) is 7.55. The van der Waals surface area contributed by atoms with Crippen molar-refractivity contribution in [1.29, 1.82) is 0 Å². The highest BCUT2D eigenvalue weighted by Crippen LogP contribution is 2.36. The van der Waals surface area contributed by atoms with Gasteiger partial charge >= 0.3 is 0 Å². The number of fused-ring (bicyclic) bond motifs is 1. The number of pyridine rings is 1. The molecule has 0 radical (unpaired) electrons. The van der Waals surface area contributed by atoms with Crippen LogP contribution >= 0.6 is 11.6 Å². The molecule has 0 aliphatic rings. The van der Waals surface area contributed by atoms with Crippen molar-refractivity contribution in [3.05, 3.63) is 29.0 Å². The van der Waals surface area contributed by atoms with Crippen LogP contribution in [0.15, 0.2) is 18.3 Å². The Morgan fingerprint density at radius 1 is 1.36 bits per heavy atom. The zero-order valence-electron chi connectivity index (χ0n) is 14.0. The molecule has 2 aromatic rings. The van der Waals surface area contributed by atoms with E-state index in [-0.39, 0.29) is 11.6 Å². The average Bonchev–Trinajstić information content (AvgIpc) is 2.79. The monoisotopic (exact) mass is 340 g/mol. The van der Waals surface area contributed by atoms with Crippen LogP contribution in [0.2, 0.25) is 23.3 Å². The minimum absolute atomic E-state index is 0.0498. The lowest BCUT2D eigenvalue weighted by molar-refractivity contribution is 0.271. The first-order valence-corrected chi connectivity index (χ1v) is 10.8. The maximum absolute atomic E-state index is 9.54. The summed E-state index contributed by atoms with van der Waals surface area (Å²) >= 11 is 5.98. The number of hydrogen-bond donors (Lipinski definition) is 1. The van der Waals surface area contributed by atoms with Gasteiger partial charge in [0.15, 0.2) is 8.32 Å². The Bertz CT molecular complexity index is 662. The molecule has 0 spiro atoms. The van der Waals surface area contributed by atoms with Gasteiger partial charge in [-0.3, -0.25) is 0 Å². The number of aliphatic hydroxyl groups excluding tert-OH is 1. The van der Waals surface area contributed by atoms with Crippen LogP contribution in [-0.2, 0) is 17.6 Å². The fourth-order valence-corrected chi connectivity index (χ4v) is 3.44. The van der Waals surface area contributed by atoms with E-state index in [1.807, 2.05) is 12.3 Å². The standard InChI is InChI=1S/C16H25ClN2O2Si/c1-16(2,3)22(4,5)21-9-8-19-7-6-13-15(19)12(11-20)10-14(17)18-13/h6-7,10,20H,8-9,11H2,1-5H3. The molecule has 0 aliphatic carbocycles. The molecule has 0 saturated heterocycles. The Balaban J connectivity index is 2.16. The summed E-state index contributed by atoms with van der Waals surface area (Å²) in [5.41, 5.74) is 2.54. The number of aliphatic hydroxyl groups is 1. The maximum atomic E-state index is 9.54. The maximum Gasteiger partial charge on any atom is 0.192 e. The second kappa shape index (κ2) is 6.32. The Labute approximate surface area is 138 Å². The molecule has 0 bridgehead atoms. The molecule has 22 heavy (non-hydrogen) atoms. The molecule has 0 fully saturated rings. The zero-order chi connectivity index (χ0) is 16.5. The summed E-state index contributed by atoms with van der Waals surface area (Å²) in [5, 5.41) is 10.2. The summed E-state index contributed by atoms with van der Waals surface area (Å²) in [7, 11) is -1.74. The van der Waals surface area contributed by atoms with E-state index in [9.17, 15) is 5.11 Å². The molecule has 122 valence electrons. The molecule has 2 aromatic heterocycles. The van der Waals surface area contributed by atoms with Crippen molar-refractivity contribution in [3.63, 3.8) is 0 Å². The predicted molar refractivity (Wildman–Crippen MR) is 93.8 cm³/mol. The summed E-state index contributed by atoms with van der Waals surface area (Å²) in [6.07, 6.45) is 1.97. The summed E-state index contributed by atoms with van der Waals surface area (Å²) in [6.45, 7) is 12.6. The van der Waals surface area contributed by atoms with Crippen molar-refractivity contribution in [2.75, 3.05) is 6.61 Å². The van der Waals surface area contributed by atoms with Crippen molar-refractivity contribution >= 4 is 31.0 Å². The number of hydrogen-bond acceptors (Lipinski definition) is 3. The van der Waals surface area contributed by atoms with Gasteiger partial charge in [0.2, 0.25) is 0 Å². The lowest BCUT2D eigenvalue weighted by Crippen LogP contribution is -2.41. The van der Waals surface area contributed by atoms with Gasteiger partial charge < -0.3 is 14.1 Å². The van der Waals surface area contributed by atoms with E-state index in [0.717, 1.165) is 23.1 Å². The van der Waals surface area contributed by atoms with Crippen molar-refractivity contribution in [3.8, 4) is 0 Å². The molecule has 6 heteroatoms. The second-order valence-electron chi connectivity index (χ2n) is 7.11. The Kier molecular flexibility index (Phi) is 5.02. The third-order valence-electron chi connectivity index (χ3n) is 4.54. The van der Waals surface area contributed by atoms with E-state index in [2.05, 4.69) is 43.4 Å². The minimum Gasteiger partial charge on any atom is -0.415 e. The highest BCUT2D eigenvalue weighted by Gasteiger charge is 2.36. The van der Waals surface area contributed by atoms with Crippen LogP contribution in [-0.4, -0.2) is 29.6 Å².